The Bertz CT molecular complexity index is 531. The van der Waals surface area contributed by atoms with Crippen LogP contribution in [-0.2, 0) is 6.54 Å². The first kappa shape index (κ1) is 12.1. The second-order valence-corrected chi connectivity index (χ2v) is 3.90. The summed E-state index contributed by atoms with van der Waals surface area (Å²) in [5, 5.41) is 21.5. The van der Waals surface area contributed by atoms with E-state index in [-0.39, 0.29) is 5.75 Å². The van der Waals surface area contributed by atoms with Crippen molar-refractivity contribution in [2.45, 2.75) is 12.6 Å². The van der Waals surface area contributed by atoms with Gasteiger partial charge in [-0.3, -0.25) is 10.3 Å². The van der Waals surface area contributed by atoms with Crippen LogP contribution in [0.2, 0.25) is 0 Å². The predicted octanol–water partition coefficient (Wildman–Crippen LogP) is 2.14. The third kappa shape index (κ3) is 3.06. The zero-order valence-electron chi connectivity index (χ0n) is 9.74. The number of aromatic hydroxyl groups is 1. The van der Waals surface area contributed by atoms with E-state index in [1.54, 1.807) is 36.7 Å². The highest BCUT2D eigenvalue weighted by atomic mass is 16.3. The van der Waals surface area contributed by atoms with Gasteiger partial charge in [-0.1, -0.05) is 18.2 Å². The predicted molar refractivity (Wildman–Crippen MR) is 67.5 cm³/mol. The van der Waals surface area contributed by atoms with Crippen molar-refractivity contribution in [3.63, 3.8) is 0 Å². The average molecular weight is 239 g/mol. The monoisotopic (exact) mass is 239 g/mol. The number of hydrogen-bond acceptors (Lipinski definition) is 4. The molecule has 0 aliphatic rings. The molecule has 2 rings (SSSR count). The number of nitrogens with one attached hydrogen (secondary N) is 1. The second kappa shape index (κ2) is 5.80. The standard InChI is InChI=1S/C14H13N3O/c15-8-14(12-3-5-13(18)6-4-12)17-10-11-2-1-7-16-9-11/h1-7,9,14,17-18H,10H2. The highest BCUT2D eigenvalue weighted by Gasteiger charge is 2.09. The molecular weight excluding hydrogens is 226 g/mol. The van der Waals surface area contributed by atoms with Crippen molar-refractivity contribution in [2.75, 3.05) is 0 Å². The lowest BCUT2D eigenvalue weighted by Gasteiger charge is -2.11. The van der Waals surface area contributed by atoms with Crippen LogP contribution >= 0.6 is 0 Å². The Morgan fingerprint density at radius 1 is 1.28 bits per heavy atom. The van der Waals surface area contributed by atoms with Crippen molar-refractivity contribution in [2.24, 2.45) is 0 Å². The topological polar surface area (TPSA) is 68.9 Å². The van der Waals surface area contributed by atoms with E-state index in [0.29, 0.717) is 6.54 Å². The summed E-state index contributed by atoms with van der Waals surface area (Å²) in [6.07, 6.45) is 3.48. The van der Waals surface area contributed by atoms with Gasteiger partial charge in [-0.05, 0) is 29.3 Å². The molecule has 0 spiro atoms. The lowest BCUT2D eigenvalue weighted by atomic mass is 10.1. The molecule has 1 aromatic heterocycles. The number of nitrogens with zero attached hydrogens (tertiary/aromatic N) is 2. The Balaban J connectivity index is 2.02. The lowest BCUT2D eigenvalue weighted by molar-refractivity contribution is 0.474. The van der Waals surface area contributed by atoms with Crippen molar-refractivity contribution in [3.8, 4) is 11.8 Å². The molecule has 4 nitrogen and oxygen atoms in total. The van der Waals surface area contributed by atoms with Gasteiger partial charge in [0.2, 0.25) is 0 Å². The molecule has 2 aromatic rings. The minimum atomic E-state index is -0.397. The van der Waals surface area contributed by atoms with Crippen LogP contribution in [0.5, 0.6) is 5.75 Å². The SMILES string of the molecule is N#CC(NCc1cccnc1)c1ccc(O)cc1. The molecule has 0 bridgehead atoms. The van der Waals surface area contributed by atoms with Gasteiger partial charge >= 0.3 is 0 Å². The van der Waals surface area contributed by atoms with Gasteiger partial charge in [0.1, 0.15) is 11.8 Å². The molecule has 0 saturated carbocycles. The lowest BCUT2D eigenvalue weighted by Crippen LogP contribution is -2.19. The number of nitriles is 1. The number of pyridine rings is 1. The highest BCUT2D eigenvalue weighted by Crippen LogP contribution is 2.16. The number of rotatable bonds is 4. The Labute approximate surface area is 106 Å². The maximum Gasteiger partial charge on any atom is 0.121 e. The molecule has 90 valence electrons. The third-order valence-corrected chi connectivity index (χ3v) is 2.59. The van der Waals surface area contributed by atoms with Crippen molar-refractivity contribution in [1.82, 2.24) is 10.3 Å². The largest absolute Gasteiger partial charge is 0.508 e. The number of phenols is 1. The molecule has 1 aromatic carbocycles. The molecule has 18 heavy (non-hydrogen) atoms. The van der Waals surface area contributed by atoms with Crippen molar-refractivity contribution < 1.29 is 5.11 Å². The summed E-state index contributed by atoms with van der Waals surface area (Å²) in [4.78, 5) is 4.02. The van der Waals surface area contributed by atoms with E-state index in [0.717, 1.165) is 11.1 Å². The van der Waals surface area contributed by atoms with E-state index in [9.17, 15) is 5.11 Å². The molecule has 0 aliphatic carbocycles. The number of hydrogen-bond donors (Lipinski definition) is 2. The first-order valence-electron chi connectivity index (χ1n) is 5.60. The minimum Gasteiger partial charge on any atom is -0.508 e. The van der Waals surface area contributed by atoms with Gasteiger partial charge in [-0.15, -0.1) is 0 Å². The van der Waals surface area contributed by atoms with E-state index in [1.165, 1.54) is 0 Å². The fourth-order valence-electron chi connectivity index (χ4n) is 1.63. The van der Waals surface area contributed by atoms with Gasteiger partial charge in [0, 0.05) is 18.9 Å². The molecule has 4 heteroatoms. The van der Waals surface area contributed by atoms with Gasteiger partial charge in [-0.2, -0.15) is 5.26 Å². The Hall–Kier alpha value is -2.38. The molecule has 1 unspecified atom stereocenters. The van der Waals surface area contributed by atoms with E-state index in [2.05, 4.69) is 16.4 Å². The normalized spacial score (nSPS) is 11.7. The van der Waals surface area contributed by atoms with Crippen LogP contribution in [0, 0.1) is 11.3 Å². The smallest absolute Gasteiger partial charge is 0.121 e. The first-order valence-corrected chi connectivity index (χ1v) is 5.60. The van der Waals surface area contributed by atoms with E-state index < -0.39 is 6.04 Å². The van der Waals surface area contributed by atoms with Crippen molar-refractivity contribution in [1.29, 1.82) is 5.26 Å². The fraction of sp³-hybridized carbons (Fsp3) is 0.143. The Morgan fingerprint density at radius 3 is 2.67 bits per heavy atom. The zero-order valence-corrected chi connectivity index (χ0v) is 9.74. The average Bonchev–Trinajstić information content (AvgIpc) is 2.42. The third-order valence-electron chi connectivity index (χ3n) is 2.59. The van der Waals surface area contributed by atoms with E-state index >= 15 is 0 Å². The van der Waals surface area contributed by atoms with Crippen LogP contribution in [0.25, 0.3) is 0 Å². The summed E-state index contributed by atoms with van der Waals surface area (Å²) in [5.41, 5.74) is 1.86. The molecule has 1 heterocycles. The minimum absolute atomic E-state index is 0.197. The Kier molecular flexibility index (Phi) is 3.90. The Morgan fingerprint density at radius 2 is 2.06 bits per heavy atom. The second-order valence-electron chi connectivity index (χ2n) is 3.90. The molecular formula is C14H13N3O. The maximum absolute atomic E-state index is 9.21. The van der Waals surface area contributed by atoms with Gasteiger partial charge in [0.25, 0.3) is 0 Å². The van der Waals surface area contributed by atoms with Crippen molar-refractivity contribution >= 4 is 0 Å². The van der Waals surface area contributed by atoms with E-state index in [4.69, 9.17) is 5.26 Å². The first-order chi connectivity index (χ1) is 8.79. The number of aromatic nitrogens is 1. The van der Waals surface area contributed by atoms with E-state index in [1.807, 2.05) is 12.1 Å². The summed E-state index contributed by atoms with van der Waals surface area (Å²) in [7, 11) is 0. The van der Waals surface area contributed by atoms with Gasteiger partial charge in [0.05, 0.1) is 6.07 Å². The van der Waals surface area contributed by atoms with Crippen LogP contribution in [0.1, 0.15) is 17.2 Å². The maximum atomic E-state index is 9.21. The van der Waals surface area contributed by atoms with Crippen LogP contribution in [0.3, 0.4) is 0 Å². The summed E-state index contributed by atoms with van der Waals surface area (Å²) in [6, 6.07) is 12.2. The molecule has 0 radical (unpaired) electrons. The quantitative estimate of drug-likeness (QED) is 0.857. The van der Waals surface area contributed by atoms with Crippen LogP contribution in [0.4, 0.5) is 0 Å². The molecule has 0 aliphatic heterocycles. The highest BCUT2D eigenvalue weighted by molar-refractivity contribution is 5.30. The summed E-state index contributed by atoms with van der Waals surface area (Å²) in [5.74, 6) is 0.197. The molecule has 0 amide bonds. The molecule has 2 N–H and O–H groups in total. The fourth-order valence-corrected chi connectivity index (χ4v) is 1.63. The number of phenolic OH excluding ortho intramolecular Hbond substituents is 1. The summed E-state index contributed by atoms with van der Waals surface area (Å²) in [6.45, 7) is 0.576. The molecule has 0 fully saturated rings. The van der Waals surface area contributed by atoms with Crippen LogP contribution in [0.15, 0.2) is 48.8 Å². The van der Waals surface area contributed by atoms with Gasteiger partial charge in [0.15, 0.2) is 0 Å². The summed E-state index contributed by atoms with van der Waals surface area (Å²) < 4.78 is 0. The summed E-state index contributed by atoms with van der Waals surface area (Å²) >= 11 is 0. The van der Waals surface area contributed by atoms with Crippen molar-refractivity contribution in [3.05, 3.63) is 59.9 Å². The van der Waals surface area contributed by atoms with Crippen LogP contribution < -0.4 is 5.32 Å². The van der Waals surface area contributed by atoms with Gasteiger partial charge < -0.3 is 5.11 Å². The number of benzene rings is 1. The molecule has 0 saturated heterocycles. The zero-order chi connectivity index (χ0) is 12.8. The van der Waals surface area contributed by atoms with Gasteiger partial charge in [-0.25, -0.2) is 0 Å². The van der Waals surface area contributed by atoms with Crippen LogP contribution in [-0.4, -0.2) is 10.1 Å². The molecule has 1 atom stereocenters.